The van der Waals surface area contributed by atoms with E-state index in [1.165, 1.54) is 0 Å². The van der Waals surface area contributed by atoms with Crippen molar-refractivity contribution in [1.29, 1.82) is 0 Å². The van der Waals surface area contributed by atoms with Crippen LogP contribution in [0.4, 0.5) is 5.69 Å². The van der Waals surface area contributed by atoms with E-state index in [0.717, 1.165) is 20.8 Å². The summed E-state index contributed by atoms with van der Waals surface area (Å²) in [5, 5.41) is 8.47. The Hall–Kier alpha value is -0.680. The Kier molecular flexibility index (Phi) is 4.98. The van der Waals surface area contributed by atoms with Gasteiger partial charge in [-0.3, -0.25) is 4.79 Å². The minimum absolute atomic E-state index is 0.222. The highest BCUT2D eigenvalue weighted by Gasteiger charge is 2.02. The lowest BCUT2D eigenvalue weighted by Crippen LogP contribution is -1.94. The summed E-state index contributed by atoms with van der Waals surface area (Å²) >= 11 is 5.04. The first-order chi connectivity index (χ1) is 7.09. The topological polar surface area (TPSA) is 63.3 Å². The predicted octanol–water partition coefficient (Wildman–Crippen LogP) is 2.99. The van der Waals surface area contributed by atoms with E-state index in [2.05, 4.69) is 15.9 Å². The molecule has 0 unspecified atom stereocenters. The molecule has 1 aromatic carbocycles. The summed E-state index contributed by atoms with van der Waals surface area (Å²) in [5.74, 6) is 0.0569. The molecular formula is C10H12BrNO2S. The van der Waals surface area contributed by atoms with Crippen molar-refractivity contribution < 1.29 is 9.90 Å². The van der Waals surface area contributed by atoms with Gasteiger partial charge in [-0.05, 0) is 46.3 Å². The lowest BCUT2D eigenvalue weighted by atomic mass is 10.3. The van der Waals surface area contributed by atoms with Crippen LogP contribution in [0.3, 0.4) is 0 Å². The van der Waals surface area contributed by atoms with E-state index < -0.39 is 5.97 Å². The van der Waals surface area contributed by atoms with Gasteiger partial charge in [0.1, 0.15) is 0 Å². The zero-order chi connectivity index (χ0) is 11.3. The molecule has 15 heavy (non-hydrogen) atoms. The van der Waals surface area contributed by atoms with Crippen molar-refractivity contribution >= 4 is 39.3 Å². The van der Waals surface area contributed by atoms with Gasteiger partial charge in [-0.1, -0.05) is 0 Å². The Morgan fingerprint density at radius 2 is 2.27 bits per heavy atom. The molecule has 0 radical (unpaired) electrons. The molecule has 3 N–H and O–H groups in total. The molecule has 0 amide bonds. The van der Waals surface area contributed by atoms with Crippen LogP contribution in [0.5, 0.6) is 0 Å². The number of anilines is 1. The number of benzene rings is 1. The maximum Gasteiger partial charge on any atom is 0.303 e. The first kappa shape index (κ1) is 12.4. The molecule has 0 atom stereocenters. The average molecular weight is 290 g/mol. The Balaban J connectivity index is 2.40. The second-order valence-corrected chi connectivity index (χ2v) is 5.03. The highest BCUT2D eigenvalue weighted by atomic mass is 79.9. The smallest absolute Gasteiger partial charge is 0.303 e. The van der Waals surface area contributed by atoms with Crippen LogP contribution in [-0.2, 0) is 4.79 Å². The number of rotatable bonds is 5. The lowest BCUT2D eigenvalue weighted by molar-refractivity contribution is -0.137. The summed E-state index contributed by atoms with van der Waals surface area (Å²) in [7, 11) is 0. The predicted molar refractivity (Wildman–Crippen MR) is 66.1 cm³/mol. The average Bonchev–Trinajstić information content (AvgIpc) is 2.14. The van der Waals surface area contributed by atoms with Crippen molar-refractivity contribution in [2.24, 2.45) is 0 Å². The van der Waals surface area contributed by atoms with Crippen LogP contribution in [0.25, 0.3) is 0 Å². The third-order valence-corrected chi connectivity index (χ3v) is 3.83. The quantitative estimate of drug-likeness (QED) is 0.497. The zero-order valence-corrected chi connectivity index (χ0v) is 10.5. The summed E-state index contributed by atoms with van der Waals surface area (Å²) in [6.45, 7) is 0. The minimum Gasteiger partial charge on any atom is -0.481 e. The molecule has 0 saturated heterocycles. The Bertz CT molecular complexity index is 357. The fourth-order valence-corrected chi connectivity index (χ4v) is 2.65. The van der Waals surface area contributed by atoms with Crippen molar-refractivity contribution in [2.75, 3.05) is 11.5 Å². The maximum absolute atomic E-state index is 10.3. The van der Waals surface area contributed by atoms with Crippen molar-refractivity contribution in [2.45, 2.75) is 17.7 Å². The fraction of sp³-hybridized carbons (Fsp3) is 0.300. The van der Waals surface area contributed by atoms with Crippen molar-refractivity contribution in [3.05, 3.63) is 22.7 Å². The maximum atomic E-state index is 10.3. The van der Waals surface area contributed by atoms with E-state index in [1.54, 1.807) is 11.8 Å². The molecule has 0 saturated carbocycles. The van der Waals surface area contributed by atoms with Gasteiger partial charge in [0, 0.05) is 21.5 Å². The number of carbonyl (C=O) groups is 1. The van der Waals surface area contributed by atoms with E-state index >= 15 is 0 Å². The Morgan fingerprint density at radius 3 is 2.87 bits per heavy atom. The second-order valence-electron chi connectivity index (χ2n) is 3.04. The van der Waals surface area contributed by atoms with Gasteiger partial charge in [-0.25, -0.2) is 0 Å². The molecular weight excluding hydrogens is 278 g/mol. The summed E-state index contributed by atoms with van der Waals surface area (Å²) < 4.78 is 0.961. The molecule has 1 aromatic rings. The number of aliphatic carboxylic acids is 1. The van der Waals surface area contributed by atoms with Gasteiger partial charge >= 0.3 is 5.97 Å². The molecule has 0 aliphatic rings. The summed E-state index contributed by atoms with van der Waals surface area (Å²) in [6, 6.07) is 5.62. The number of hydrogen-bond acceptors (Lipinski definition) is 3. The molecule has 0 fully saturated rings. The van der Waals surface area contributed by atoms with Crippen LogP contribution in [0.1, 0.15) is 12.8 Å². The highest BCUT2D eigenvalue weighted by Crippen LogP contribution is 2.29. The third kappa shape index (κ3) is 4.57. The summed E-state index contributed by atoms with van der Waals surface area (Å²) in [5.41, 5.74) is 6.32. The Morgan fingerprint density at radius 1 is 1.53 bits per heavy atom. The molecule has 1 rings (SSSR count). The van der Waals surface area contributed by atoms with Crippen LogP contribution < -0.4 is 5.73 Å². The number of halogens is 1. The molecule has 0 aliphatic heterocycles. The van der Waals surface area contributed by atoms with E-state index in [4.69, 9.17) is 10.8 Å². The number of thioether (sulfide) groups is 1. The number of nitrogen functional groups attached to an aromatic ring is 1. The summed E-state index contributed by atoms with van der Waals surface area (Å²) in [4.78, 5) is 11.4. The number of carboxylic acid groups (broad SMARTS) is 1. The molecule has 0 bridgehead atoms. The van der Waals surface area contributed by atoms with E-state index in [1.807, 2.05) is 18.2 Å². The molecule has 82 valence electrons. The highest BCUT2D eigenvalue weighted by molar-refractivity contribution is 9.10. The minimum atomic E-state index is -0.744. The molecule has 5 heteroatoms. The van der Waals surface area contributed by atoms with Gasteiger partial charge in [-0.2, -0.15) is 0 Å². The monoisotopic (exact) mass is 289 g/mol. The van der Waals surface area contributed by atoms with Gasteiger partial charge in [0.05, 0.1) is 0 Å². The van der Waals surface area contributed by atoms with Crippen LogP contribution in [0.2, 0.25) is 0 Å². The molecule has 0 heterocycles. The van der Waals surface area contributed by atoms with Crippen LogP contribution in [-0.4, -0.2) is 16.8 Å². The number of nitrogens with two attached hydrogens (primary N) is 1. The first-order valence-electron chi connectivity index (χ1n) is 4.49. The molecule has 0 aliphatic carbocycles. The van der Waals surface area contributed by atoms with E-state index in [0.29, 0.717) is 6.42 Å². The number of hydrogen-bond donors (Lipinski definition) is 2. The third-order valence-electron chi connectivity index (χ3n) is 1.75. The fourth-order valence-electron chi connectivity index (χ4n) is 1.04. The van der Waals surface area contributed by atoms with Crippen molar-refractivity contribution in [3.8, 4) is 0 Å². The first-order valence-corrected chi connectivity index (χ1v) is 6.27. The second kappa shape index (κ2) is 6.02. The SMILES string of the molecule is Nc1ccc(SCCCC(=O)O)c(Br)c1. The molecule has 0 spiro atoms. The molecule has 0 aromatic heterocycles. The largest absolute Gasteiger partial charge is 0.481 e. The van der Waals surface area contributed by atoms with Gasteiger partial charge in [0.25, 0.3) is 0 Å². The standard InChI is InChI=1S/C10H12BrNO2S/c11-8-6-7(12)3-4-9(8)15-5-1-2-10(13)14/h3-4,6H,1-2,5,12H2,(H,13,14). The van der Waals surface area contributed by atoms with E-state index in [9.17, 15) is 4.79 Å². The number of carboxylic acids is 1. The van der Waals surface area contributed by atoms with Gasteiger partial charge < -0.3 is 10.8 Å². The van der Waals surface area contributed by atoms with Gasteiger partial charge in [0.15, 0.2) is 0 Å². The molecule has 3 nitrogen and oxygen atoms in total. The lowest BCUT2D eigenvalue weighted by Gasteiger charge is -2.04. The van der Waals surface area contributed by atoms with Crippen molar-refractivity contribution in [1.82, 2.24) is 0 Å². The van der Waals surface area contributed by atoms with Crippen LogP contribution in [0, 0.1) is 0 Å². The van der Waals surface area contributed by atoms with Gasteiger partial charge in [0.2, 0.25) is 0 Å². The Labute approximate surface area is 101 Å². The normalized spacial score (nSPS) is 10.2. The van der Waals surface area contributed by atoms with Crippen LogP contribution >= 0.6 is 27.7 Å². The van der Waals surface area contributed by atoms with E-state index in [-0.39, 0.29) is 6.42 Å². The van der Waals surface area contributed by atoms with Crippen molar-refractivity contribution in [3.63, 3.8) is 0 Å². The summed E-state index contributed by atoms with van der Waals surface area (Å²) in [6.07, 6.45) is 0.899. The zero-order valence-electron chi connectivity index (χ0n) is 8.07. The van der Waals surface area contributed by atoms with Gasteiger partial charge in [-0.15, -0.1) is 11.8 Å². The van der Waals surface area contributed by atoms with Crippen LogP contribution in [0.15, 0.2) is 27.6 Å².